The molecule has 0 unspecified atom stereocenters. The summed E-state index contributed by atoms with van der Waals surface area (Å²) in [5.41, 5.74) is 12.8. The zero-order valence-electron chi connectivity index (χ0n) is 11.8. The molecule has 1 aliphatic carbocycles. The number of rotatable bonds is 4. The van der Waals surface area contributed by atoms with Crippen LogP contribution < -0.4 is 16.4 Å². The number of carbonyl (C=O) groups is 1. The first-order chi connectivity index (χ1) is 9.52. The molecule has 4 N–H and O–H groups in total. The van der Waals surface area contributed by atoms with E-state index in [0.717, 1.165) is 37.9 Å². The fraction of sp³-hybridized carbons (Fsp3) is 0.533. The summed E-state index contributed by atoms with van der Waals surface area (Å²) in [5.74, 6) is -0.437. The van der Waals surface area contributed by atoms with E-state index in [4.69, 9.17) is 23.1 Å². The fourth-order valence-electron chi connectivity index (χ4n) is 2.99. The zero-order valence-corrected chi connectivity index (χ0v) is 12.6. The van der Waals surface area contributed by atoms with Gasteiger partial charge in [-0.25, -0.2) is 0 Å². The van der Waals surface area contributed by atoms with E-state index in [-0.39, 0.29) is 0 Å². The number of nitrogens with two attached hydrogens (primary N) is 2. The van der Waals surface area contributed by atoms with E-state index in [9.17, 15) is 4.79 Å². The number of anilines is 1. The van der Waals surface area contributed by atoms with Crippen molar-refractivity contribution >= 4 is 23.2 Å². The first kappa shape index (κ1) is 15.1. The van der Waals surface area contributed by atoms with Gasteiger partial charge in [0, 0.05) is 29.3 Å². The summed E-state index contributed by atoms with van der Waals surface area (Å²) in [7, 11) is 0. The first-order valence-corrected chi connectivity index (χ1v) is 7.52. The minimum atomic E-state index is -0.437. The largest absolute Gasteiger partial charge is 0.368 e. The van der Waals surface area contributed by atoms with Crippen LogP contribution >= 0.6 is 11.6 Å². The van der Waals surface area contributed by atoms with Gasteiger partial charge in [-0.3, -0.25) is 4.79 Å². The summed E-state index contributed by atoms with van der Waals surface area (Å²) in [6.07, 6.45) is 4.16. The van der Waals surface area contributed by atoms with Gasteiger partial charge in [-0.15, -0.1) is 0 Å². The Labute approximate surface area is 125 Å². The standard InChI is InChI=1S/C15H22ClN3O/c1-2-19(12-6-4-11(17)5-7-12)14-8-3-10(16)9-13(14)15(18)20/h3,8-9,11-12H,2,4-7,17H2,1H3,(H2,18,20). The molecule has 0 atom stereocenters. The number of hydrogen-bond donors (Lipinski definition) is 2. The summed E-state index contributed by atoms with van der Waals surface area (Å²) >= 11 is 5.97. The van der Waals surface area contributed by atoms with Crippen LogP contribution in [0.3, 0.4) is 0 Å². The second kappa shape index (κ2) is 6.46. The van der Waals surface area contributed by atoms with E-state index >= 15 is 0 Å². The highest BCUT2D eigenvalue weighted by atomic mass is 35.5. The lowest BCUT2D eigenvalue weighted by atomic mass is 9.90. The smallest absolute Gasteiger partial charge is 0.250 e. The second-order valence-electron chi connectivity index (χ2n) is 5.38. The third kappa shape index (κ3) is 3.25. The van der Waals surface area contributed by atoms with Crippen molar-refractivity contribution in [1.29, 1.82) is 0 Å². The molecule has 0 aliphatic heterocycles. The van der Waals surface area contributed by atoms with Crippen molar-refractivity contribution in [2.75, 3.05) is 11.4 Å². The van der Waals surface area contributed by atoms with Gasteiger partial charge in [0.2, 0.25) is 0 Å². The Kier molecular flexibility index (Phi) is 4.89. The molecule has 1 aromatic carbocycles. The van der Waals surface area contributed by atoms with Gasteiger partial charge >= 0.3 is 0 Å². The van der Waals surface area contributed by atoms with E-state index in [2.05, 4.69) is 11.8 Å². The predicted octanol–water partition coefficient (Wildman–Crippen LogP) is 2.54. The molecule has 0 bridgehead atoms. The van der Waals surface area contributed by atoms with Crippen molar-refractivity contribution in [3.05, 3.63) is 28.8 Å². The van der Waals surface area contributed by atoms with Crippen LogP contribution in [0.1, 0.15) is 43.0 Å². The van der Waals surface area contributed by atoms with Gasteiger partial charge in [-0.05, 0) is 50.8 Å². The molecule has 4 nitrogen and oxygen atoms in total. The van der Waals surface area contributed by atoms with Crippen molar-refractivity contribution in [2.24, 2.45) is 11.5 Å². The van der Waals surface area contributed by atoms with E-state index in [1.54, 1.807) is 12.1 Å². The van der Waals surface area contributed by atoms with Crippen LogP contribution in [0.2, 0.25) is 5.02 Å². The summed E-state index contributed by atoms with van der Waals surface area (Å²) in [6.45, 7) is 2.93. The van der Waals surface area contributed by atoms with Gasteiger partial charge in [0.25, 0.3) is 5.91 Å². The monoisotopic (exact) mass is 295 g/mol. The lowest BCUT2D eigenvalue weighted by molar-refractivity contribution is 0.100. The molecule has 1 aromatic rings. The minimum Gasteiger partial charge on any atom is -0.368 e. The molecule has 1 aliphatic rings. The molecule has 1 fully saturated rings. The Morgan fingerprint density at radius 2 is 2.00 bits per heavy atom. The lowest BCUT2D eigenvalue weighted by Crippen LogP contribution is -2.41. The van der Waals surface area contributed by atoms with Crippen LogP contribution in [0.25, 0.3) is 0 Å². The van der Waals surface area contributed by atoms with Crippen molar-refractivity contribution in [1.82, 2.24) is 0 Å². The molecular weight excluding hydrogens is 274 g/mol. The molecule has 0 spiro atoms. The highest BCUT2D eigenvalue weighted by Crippen LogP contribution is 2.30. The highest BCUT2D eigenvalue weighted by Gasteiger charge is 2.25. The average molecular weight is 296 g/mol. The van der Waals surface area contributed by atoms with Crippen LogP contribution in [-0.4, -0.2) is 24.5 Å². The van der Waals surface area contributed by atoms with Crippen molar-refractivity contribution < 1.29 is 4.79 Å². The van der Waals surface area contributed by atoms with Crippen LogP contribution in [0.4, 0.5) is 5.69 Å². The normalized spacial score (nSPS) is 22.6. The Morgan fingerprint density at radius 3 is 2.55 bits per heavy atom. The molecule has 1 amide bonds. The van der Waals surface area contributed by atoms with E-state index < -0.39 is 5.91 Å². The third-order valence-electron chi connectivity index (χ3n) is 4.06. The molecule has 1 saturated carbocycles. The van der Waals surface area contributed by atoms with E-state index in [1.807, 2.05) is 6.07 Å². The zero-order chi connectivity index (χ0) is 14.7. The third-order valence-corrected chi connectivity index (χ3v) is 4.29. The second-order valence-corrected chi connectivity index (χ2v) is 5.82. The van der Waals surface area contributed by atoms with E-state index in [0.29, 0.717) is 22.7 Å². The Morgan fingerprint density at radius 1 is 1.35 bits per heavy atom. The molecule has 20 heavy (non-hydrogen) atoms. The predicted molar refractivity (Wildman–Crippen MR) is 83.2 cm³/mol. The Hall–Kier alpha value is -1.26. The minimum absolute atomic E-state index is 0.311. The maximum atomic E-state index is 11.6. The van der Waals surface area contributed by atoms with Gasteiger partial charge in [-0.2, -0.15) is 0 Å². The number of carbonyl (C=O) groups excluding carboxylic acids is 1. The van der Waals surface area contributed by atoms with E-state index in [1.165, 1.54) is 0 Å². The molecule has 2 rings (SSSR count). The molecule has 0 saturated heterocycles. The Balaban J connectivity index is 2.29. The maximum Gasteiger partial charge on any atom is 0.250 e. The van der Waals surface area contributed by atoms with Gasteiger partial charge in [0.15, 0.2) is 0 Å². The summed E-state index contributed by atoms with van der Waals surface area (Å²) in [6, 6.07) is 6.07. The quantitative estimate of drug-likeness (QED) is 0.896. The summed E-state index contributed by atoms with van der Waals surface area (Å²) < 4.78 is 0. The topological polar surface area (TPSA) is 72.3 Å². The SMILES string of the molecule is CCN(c1ccc(Cl)cc1C(N)=O)C1CCC(N)CC1. The fourth-order valence-corrected chi connectivity index (χ4v) is 3.17. The van der Waals surface area contributed by atoms with Gasteiger partial charge in [-0.1, -0.05) is 11.6 Å². The average Bonchev–Trinajstić information content (AvgIpc) is 2.43. The number of primary amides is 1. The number of nitrogens with zero attached hydrogens (tertiary/aromatic N) is 1. The molecule has 0 aromatic heterocycles. The van der Waals surface area contributed by atoms with Gasteiger partial charge in [0.1, 0.15) is 0 Å². The Bertz CT molecular complexity index is 484. The van der Waals surface area contributed by atoms with Crippen molar-refractivity contribution in [2.45, 2.75) is 44.7 Å². The molecule has 5 heteroatoms. The molecular formula is C15H22ClN3O. The molecule has 0 heterocycles. The number of hydrogen-bond acceptors (Lipinski definition) is 3. The van der Waals surface area contributed by atoms with Gasteiger partial charge < -0.3 is 16.4 Å². The van der Waals surface area contributed by atoms with Crippen molar-refractivity contribution in [3.63, 3.8) is 0 Å². The first-order valence-electron chi connectivity index (χ1n) is 7.14. The summed E-state index contributed by atoms with van der Waals surface area (Å²) in [5, 5.41) is 0.532. The van der Waals surface area contributed by atoms with Gasteiger partial charge in [0.05, 0.1) is 5.56 Å². The number of halogens is 1. The van der Waals surface area contributed by atoms with Crippen LogP contribution in [-0.2, 0) is 0 Å². The van der Waals surface area contributed by atoms with Crippen molar-refractivity contribution in [3.8, 4) is 0 Å². The van der Waals surface area contributed by atoms with Crippen LogP contribution in [0.15, 0.2) is 18.2 Å². The highest BCUT2D eigenvalue weighted by molar-refractivity contribution is 6.31. The lowest BCUT2D eigenvalue weighted by Gasteiger charge is -2.37. The maximum absolute atomic E-state index is 11.6. The van der Waals surface area contributed by atoms with Crippen LogP contribution in [0, 0.1) is 0 Å². The molecule has 0 radical (unpaired) electrons. The summed E-state index contributed by atoms with van der Waals surface area (Å²) in [4.78, 5) is 13.9. The number of benzene rings is 1. The van der Waals surface area contributed by atoms with Crippen LogP contribution in [0.5, 0.6) is 0 Å². The number of amides is 1. The molecule has 110 valence electrons.